The van der Waals surface area contributed by atoms with Crippen LogP contribution < -0.4 is 5.32 Å². The summed E-state index contributed by atoms with van der Waals surface area (Å²) in [6.07, 6.45) is 1.98. The zero-order valence-corrected chi connectivity index (χ0v) is 10.1. The monoisotopic (exact) mass is 220 g/mol. The summed E-state index contributed by atoms with van der Waals surface area (Å²) in [5, 5.41) is 2.90. The normalized spacial score (nSPS) is 9.88. The summed E-state index contributed by atoms with van der Waals surface area (Å²) in [5.74, 6) is 0. The van der Waals surface area contributed by atoms with Crippen LogP contribution in [0, 0.1) is 0 Å². The van der Waals surface area contributed by atoms with Crippen molar-refractivity contribution in [1.29, 1.82) is 0 Å². The topological polar surface area (TPSA) is 32.3 Å². The Labute approximate surface area is 97.5 Å². The molecule has 0 atom stereocenters. The summed E-state index contributed by atoms with van der Waals surface area (Å²) in [6.45, 7) is 5.79. The number of benzene rings is 1. The number of carbonyl (C=O) groups excluding carboxylic acids is 1. The fourth-order valence-corrected chi connectivity index (χ4v) is 1.58. The number of amides is 2. The quantitative estimate of drug-likeness (QED) is 0.811. The molecule has 0 heterocycles. The van der Waals surface area contributed by atoms with Crippen molar-refractivity contribution >= 4 is 11.7 Å². The highest BCUT2D eigenvalue weighted by Gasteiger charge is 2.10. The maximum atomic E-state index is 11.9. The van der Waals surface area contributed by atoms with Gasteiger partial charge in [-0.05, 0) is 25.0 Å². The van der Waals surface area contributed by atoms with Gasteiger partial charge in [0.05, 0.1) is 0 Å². The van der Waals surface area contributed by atoms with Crippen LogP contribution in [0.2, 0.25) is 0 Å². The Morgan fingerprint density at radius 2 is 1.69 bits per heavy atom. The molecule has 0 aromatic heterocycles. The van der Waals surface area contributed by atoms with Crippen molar-refractivity contribution in [2.24, 2.45) is 0 Å². The molecule has 1 N–H and O–H groups in total. The highest BCUT2D eigenvalue weighted by Crippen LogP contribution is 2.07. The number of hydrogen-bond acceptors (Lipinski definition) is 1. The molecule has 3 nitrogen and oxygen atoms in total. The Balaban J connectivity index is 2.55. The molecule has 0 saturated heterocycles. The molecule has 0 saturated carbocycles. The average molecular weight is 220 g/mol. The van der Waals surface area contributed by atoms with Crippen LogP contribution in [0.15, 0.2) is 30.3 Å². The molecule has 0 fully saturated rings. The van der Waals surface area contributed by atoms with Crippen LogP contribution in [-0.2, 0) is 0 Å². The van der Waals surface area contributed by atoms with E-state index in [1.807, 2.05) is 35.2 Å². The van der Waals surface area contributed by atoms with Gasteiger partial charge in [0, 0.05) is 18.8 Å². The smallest absolute Gasteiger partial charge is 0.321 e. The number of nitrogens with one attached hydrogen (secondary N) is 1. The third kappa shape index (κ3) is 3.93. The van der Waals surface area contributed by atoms with Crippen molar-refractivity contribution in [2.75, 3.05) is 18.4 Å². The highest BCUT2D eigenvalue weighted by molar-refractivity contribution is 5.89. The van der Waals surface area contributed by atoms with E-state index in [0.29, 0.717) is 0 Å². The molecule has 16 heavy (non-hydrogen) atoms. The fourth-order valence-electron chi connectivity index (χ4n) is 1.58. The van der Waals surface area contributed by atoms with E-state index in [9.17, 15) is 4.79 Å². The van der Waals surface area contributed by atoms with Gasteiger partial charge < -0.3 is 10.2 Å². The lowest BCUT2D eigenvalue weighted by molar-refractivity contribution is 0.211. The molecular weight excluding hydrogens is 200 g/mol. The number of para-hydroxylation sites is 1. The molecule has 0 aliphatic heterocycles. The lowest BCUT2D eigenvalue weighted by atomic mass is 10.3. The van der Waals surface area contributed by atoms with E-state index in [1.165, 1.54) is 0 Å². The van der Waals surface area contributed by atoms with Crippen LogP contribution in [0.3, 0.4) is 0 Å². The Morgan fingerprint density at radius 1 is 1.12 bits per heavy atom. The van der Waals surface area contributed by atoms with Gasteiger partial charge in [-0.15, -0.1) is 0 Å². The molecule has 1 aromatic carbocycles. The average Bonchev–Trinajstić information content (AvgIpc) is 2.30. The maximum absolute atomic E-state index is 11.9. The Hall–Kier alpha value is -1.51. The molecule has 0 radical (unpaired) electrons. The first-order chi connectivity index (χ1) is 7.77. The van der Waals surface area contributed by atoms with Crippen molar-refractivity contribution in [2.45, 2.75) is 26.7 Å². The molecule has 88 valence electrons. The minimum atomic E-state index is -0.00472. The van der Waals surface area contributed by atoms with E-state index in [-0.39, 0.29) is 6.03 Å². The predicted molar refractivity (Wildman–Crippen MR) is 67.6 cm³/mol. The minimum Gasteiger partial charge on any atom is -0.325 e. The van der Waals surface area contributed by atoms with Gasteiger partial charge >= 0.3 is 6.03 Å². The molecule has 0 aliphatic carbocycles. The van der Waals surface area contributed by atoms with Crippen molar-refractivity contribution in [1.82, 2.24) is 4.90 Å². The Bertz CT molecular complexity index is 305. The predicted octanol–water partition coefficient (Wildman–Crippen LogP) is 3.34. The molecule has 1 aromatic rings. The van der Waals surface area contributed by atoms with E-state index in [4.69, 9.17) is 0 Å². The molecule has 0 spiro atoms. The van der Waals surface area contributed by atoms with Gasteiger partial charge in [-0.2, -0.15) is 0 Å². The maximum Gasteiger partial charge on any atom is 0.321 e. The van der Waals surface area contributed by atoms with Gasteiger partial charge in [0.25, 0.3) is 0 Å². The first kappa shape index (κ1) is 12.6. The zero-order valence-electron chi connectivity index (χ0n) is 10.1. The third-order valence-corrected chi connectivity index (χ3v) is 2.30. The Morgan fingerprint density at radius 3 is 2.19 bits per heavy atom. The van der Waals surface area contributed by atoms with Crippen molar-refractivity contribution in [3.05, 3.63) is 30.3 Å². The summed E-state index contributed by atoms with van der Waals surface area (Å²) in [4.78, 5) is 13.8. The van der Waals surface area contributed by atoms with Gasteiger partial charge in [-0.1, -0.05) is 32.0 Å². The summed E-state index contributed by atoms with van der Waals surface area (Å²) in [5.41, 5.74) is 0.852. The second-order valence-corrected chi connectivity index (χ2v) is 3.78. The second kappa shape index (κ2) is 6.88. The van der Waals surface area contributed by atoms with Gasteiger partial charge in [0.1, 0.15) is 0 Å². The first-order valence-electron chi connectivity index (χ1n) is 5.89. The van der Waals surface area contributed by atoms with Crippen molar-refractivity contribution in [3.63, 3.8) is 0 Å². The molecule has 0 unspecified atom stereocenters. The standard InChI is InChI=1S/C13H20N2O/c1-3-10-15(11-4-2)13(16)14-12-8-6-5-7-9-12/h5-9H,3-4,10-11H2,1-2H3,(H,14,16). The van der Waals surface area contributed by atoms with E-state index in [1.54, 1.807) is 0 Å². The number of hydrogen-bond donors (Lipinski definition) is 1. The summed E-state index contributed by atoms with van der Waals surface area (Å²) >= 11 is 0. The second-order valence-electron chi connectivity index (χ2n) is 3.78. The molecule has 2 amide bonds. The summed E-state index contributed by atoms with van der Waals surface area (Å²) in [7, 11) is 0. The van der Waals surface area contributed by atoms with Crippen LogP contribution in [0.1, 0.15) is 26.7 Å². The highest BCUT2D eigenvalue weighted by atomic mass is 16.2. The number of urea groups is 1. The van der Waals surface area contributed by atoms with Crippen LogP contribution in [-0.4, -0.2) is 24.0 Å². The lowest BCUT2D eigenvalue weighted by Crippen LogP contribution is -2.36. The molecule has 0 aliphatic rings. The van der Waals surface area contributed by atoms with Crippen LogP contribution >= 0.6 is 0 Å². The van der Waals surface area contributed by atoms with Crippen molar-refractivity contribution < 1.29 is 4.79 Å². The first-order valence-corrected chi connectivity index (χ1v) is 5.89. The minimum absolute atomic E-state index is 0.00472. The van der Waals surface area contributed by atoms with E-state index < -0.39 is 0 Å². The van der Waals surface area contributed by atoms with E-state index >= 15 is 0 Å². The van der Waals surface area contributed by atoms with Crippen LogP contribution in [0.25, 0.3) is 0 Å². The van der Waals surface area contributed by atoms with Crippen molar-refractivity contribution in [3.8, 4) is 0 Å². The number of rotatable bonds is 5. The fraction of sp³-hybridized carbons (Fsp3) is 0.462. The van der Waals surface area contributed by atoms with Crippen LogP contribution in [0.5, 0.6) is 0 Å². The Kier molecular flexibility index (Phi) is 5.40. The number of anilines is 1. The largest absolute Gasteiger partial charge is 0.325 e. The number of carbonyl (C=O) groups is 1. The molecule has 0 bridgehead atoms. The van der Waals surface area contributed by atoms with Gasteiger partial charge in [0.2, 0.25) is 0 Å². The van der Waals surface area contributed by atoms with E-state index in [2.05, 4.69) is 19.2 Å². The van der Waals surface area contributed by atoms with Crippen LogP contribution in [0.4, 0.5) is 10.5 Å². The SMILES string of the molecule is CCCN(CCC)C(=O)Nc1ccccc1. The number of nitrogens with zero attached hydrogens (tertiary/aromatic N) is 1. The molecule has 1 rings (SSSR count). The molecule has 3 heteroatoms. The summed E-state index contributed by atoms with van der Waals surface area (Å²) in [6, 6.07) is 9.56. The third-order valence-electron chi connectivity index (χ3n) is 2.30. The van der Waals surface area contributed by atoms with Gasteiger partial charge in [-0.3, -0.25) is 0 Å². The van der Waals surface area contributed by atoms with Gasteiger partial charge in [0.15, 0.2) is 0 Å². The van der Waals surface area contributed by atoms with Gasteiger partial charge in [-0.25, -0.2) is 4.79 Å². The van der Waals surface area contributed by atoms with E-state index in [0.717, 1.165) is 31.6 Å². The molecular formula is C13H20N2O. The lowest BCUT2D eigenvalue weighted by Gasteiger charge is -2.21. The zero-order chi connectivity index (χ0) is 11.8. The summed E-state index contributed by atoms with van der Waals surface area (Å²) < 4.78 is 0.